The third-order valence-electron chi connectivity index (χ3n) is 7.41. The van der Waals surface area contributed by atoms with Crippen LogP contribution in [0.4, 0.5) is 5.69 Å². The Morgan fingerprint density at radius 2 is 1.48 bits per heavy atom. The van der Waals surface area contributed by atoms with Crippen LogP contribution < -0.4 is 14.4 Å². The average molecular weight is 683 g/mol. The number of anilines is 1. The van der Waals surface area contributed by atoms with E-state index >= 15 is 0 Å². The van der Waals surface area contributed by atoms with E-state index in [0.717, 1.165) is 16.1 Å². The van der Waals surface area contributed by atoms with Crippen LogP contribution in [0.1, 0.15) is 31.4 Å². The second-order valence-corrected chi connectivity index (χ2v) is 13.7. The van der Waals surface area contributed by atoms with E-state index in [0.29, 0.717) is 33.5 Å². The number of halogens is 2. The van der Waals surface area contributed by atoms with Crippen LogP contribution in [-0.2, 0) is 32.6 Å². The van der Waals surface area contributed by atoms with Crippen LogP contribution in [-0.4, -0.2) is 50.0 Å². The maximum absolute atomic E-state index is 14.3. The molecule has 0 aliphatic carbocycles. The molecular weight excluding hydrogens is 645 g/mol. The van der Waals surface area contributed by atoms with E-state index in [-0.39, 0.29) is 30.6 Å². The summed E-state index contributed by atoms with van der Waals surface area (Å²) in [5, 5.41) is 3.74. The van der Waals surface area contributed by atoms with Crippen molar-refractivity contribution in [1.29, 1.82) is 0 Å². The number of hydrogen-bond donors (Lipinski definition) is 1. The molecule has 46 heavy (non-hydrogen) atoms. The lowest BCUT2D eigenvalue weighted by atomic mass is 10.0. The molecule has 0 radical (unpaired) electrons. The van der Waals surface area contributed by atoms with Crippen molar-refractivity contribution < 1.29 is 22.7 Å². The van der Waals surface area contributed by atoms with Crippen molar-refractivity contribution in [2.24, 2.45) is 0 Å². The molecule has 0 aromatic heterocycles. The Morgan fingerprint density at radius 1 is 0.870 bits per heavy atom. The van der Waals surface area contributed by atoms with Gasteiger partial charge in [0.15, 0.2) is 0 Å². The average Bonchev–Trinajstić information content (AvgIpc) is 3.03. The minimum absolute atomic E-state index is 0.0539. The lowest BCUT2D eigenvalue weighted by Gasteiger charge is -2.34. The van der Waals surface area contributed by atoms with Gasteiger partial charge in [0, 0.05) is 29.1 Å². The lowest BCUT2D eigenvalue weighted by Crippen LogP contribution is -2.54. The number of amides is 2. The normalized spacial score (nSPS) is 12.5. The minimum Gasteiger partial charge on any atom is -0.457 e. The van der Waals surface area contributed by atoms with E-state index in [1.54, 1.807) is 54.6 Å². The Bertz CT molecular complexity index is 1720. The van der Waals surface area contributed by atoms with Crippen molar-refractivity contribution in [3.8, 4) is 11.5 Å². The SMILES string of the molecule is CC[C@H](C)NC(=O)[C@@H](Cc1ccccc1)N(Cc1ccc(Cl)cc1Cl)C(=O)CN(c1ccc(Oc2ccccc2)cc1)S(C)(=O)=O. The number of nitrogens with one attached hydrogen (secondary N) is 1. The number of para-hydroxylation sites is 1. The fourth-order valence-corrected chi connectivity index (χ4v) is 6.07. The second-order valence-electron chi connectivity index (χ2n) is 11.0. The Labute approximate surface area is 280 Å². The Balaban J connectivity index is 1.70. The molecule has 2 amide bonds. The maximum atomic E-state index is 14.3. The summed E-state index contributed by atoms with van der Waals surface area (Å²) >= 11 is 12.7. The summed E-state index contributed by atoms with van der Waals surface area (Å²) in [6.45, 7) is 3.23. The first-order valence-electron chi connectivity index (χ1n) is 14.8. The van der Waals surface area contributed by atoms with Crippen LogP contribution in [0.15, 0.2) is 103 Å². The molecule has 1 N–H and O–H groups in total. The summed E-state index contributed by atoms with van der Waals surface area (Å²) < 4.78 is 33.1. The molecule has 8 nitrogen and oxygen atoms in total. The highest BCUT2D eigenvalue weighted by molar-refractivity contribution is 7.92. The number of benzene rings is 4. The number of carbonyl (C=O) groups is 2. The van der Waals surface area contributed by atoms with Crippen LogP contribution in [0.25, 0.3) is 0 Å². The first kappa shape index (κ1) is 34.8. The second kappa shape index (κ2) is 16.0. The number of hydrogen-bond acceptors (Lipinski definition) is 5. The zero-order valence-electron chi connectivity index (χ0n) is 25.9. The molecule has 0 spiro atoms. The number of carbonyl (C=O) groups excluding carboxylic acids is 2. The number of nitrogens with zero attached hydrogens (tertiary/aromatic N) is 2. The predicted octanol–water partition coefficient (Wildman–Crippen LogP) is 7.11. The molecule has 11 heteroatoms. The van der Waals surface area contributed by atoms with E-state index in [1.165, 1.54) is 4.90 Å². The van der Waals surface area contributed by atoms with Crippen LogP contribution in [0, 0.1) is 0 Å². The molecular formula is C35H37Cl2N3O5S. The highest BCUT2D eigenvalue weighted by Crippen LogP contribution is 2.27. The van der Waals surface area contributed by atoms with Gasteiger partial charge in [-0.05, 0) is 73.0 Å². The van der Waals surface area contributed by atoms with Crippen molar-refractivity contribution in [2.45, 2.75) is 45.3 Å². The van der Waals surface area contributed by atoms with Crippen LogP contribution in [0.5, 0.6) is 11.5 Å². The Kier molecular flexibility index (Phi) is 12.1. The van der Waals surface area contributed by atoms with E-state index in [9.17, 15) is 18.0 Å². The summed E-state index contributed by atoms with van der Waals surface area (Å²) in [6, 6.07) is 28.7. The zero-order chi connectivity index (χ0) is 33.3. The predicted molar refractivity (Wildman–Crippen MR) is 184 cm³/mol. The van der Waals surface area contributed by atoms with Gasteiger partial charge < -0.3 is 15.0 Å². The molecule has 2 atom stereocenters. The van der Waals surface area contributed by atoms with E-state index < -0.39 is 28.5 Å². The smallest absolute Gasteiger partial charge is 0.244 e. The molecule has 0 saturated carbocycles. The van der Waals surface area contributed by atoms with Gasteiger partial charge in [0.1, 0.15) is 24.1 Å². The number of sulfonamides is 1. The summed E-state index contributed by atoms with van der Waals surface area (Å²) in [7, 11) is -3.93. The van der Waals surface area contributed by atoms with Gasteiger partial charge in [-0.15, -0.1) is 0 Å². The van der Waals surface area contributed by atoms with Gasteiger partial charge in [0.05, 0.1) is 11.9 Å². The summed E-state index contributed by atoms with van der Waals surface area (Å²) in [5.41, 5.74) is 1.66. The van der Waals surface area contributed by atoms with Crippen molar-refractivity contribution in [3.05, 3.63) is 124 Å². The quantitative estimate of drug-likeness (QED) is 0.153. The van der Waals surface area contributed by atoms with E-state index in [2.05, 4.69) is 5.32 Å². The molecule has 0 heterocycles. The highest BCUT2D eigenvalue weighted by Gasteiger charge is 2.33. The van der Waals surface area contributed by atoms with Gasteiger partial charge in [0.25, 0.3) is 0 Å². The van der Waals surface area contributed by atoms with E-state index in [1.807, 2.05) is 62.4 Å². The fourth-order valence-electron chi connectivity index (χ4n) is 4.75. The molecule has 242 valence electrons. The van der Waals surface area contributed by atoms with Crippen LogP contribution in [0.2, 0.25) is 10.0 Å². The monoisotopic (exact) mass is 681 g/mol. The molecule has 4 aromatic carbocycles. The maximum Gasteiger partial charge on any atom is 0.244 e. The van der Waals surface area contributed by atoms with Gasteiger partial charge in [-0.2, -0.15) is 0 Å². The molecule has 0 aliphatic rings. The lowest BCUT2D eigenvalue weighted by molar-refractivity contribution is -0.140. The molecule has 4 aromatic rings. The molecule has 0 aliphatic heterocycles. The molecule has 0 fully saturated rings. The number of ether oxygens (including phenoxy) is 1. The van der Waals surface area contributed by atoms with Gasteiger partial charge >= 0.3 is 0 Å². The van der Waals surface area contributed by atoms with Crippen molar-refractivity contribution in [1.82, 2.24) is 10.2 Å². The van der Waals surface area contributed by atoms with Crippen LogP contribution >= 0.6 is 23.2 Å². The third kappa shape index (κ3) is 9.72. The van der Waals surface area contributed by atoms with Crippen molar-refractivity contribution in [3.63, 3.8) is 0 Å². The Morgan fingerprint density at radius 3 is 2.07 bits per heavy atom. The van der Waals surface area contributed by atoms with Crippen molar-refractivity contribution >= 4 is 50.7 Å². The van der Waals surface area contributed by atoms with Gasteiger partial charge in [-0.3, -0.25) is 13.9 Å². The van der Waals surface area contributed by atoms with Crippen LogP contribution in [0.3, 0.4) is 0 Å². The standard InChI is InChI=1S/C35H37Cl2N3O5S/c1-4-25(2)38-35(42)33(21-26-11-7-5-8-12-26)39(23-27-15-16-28(36)22-32(27)37)34(41)24-40(46(3,43)44)29-17-19-31(20-18-29)45-30-13-9-6-10-14-30/h5-20,22,25,33H,4,21,23-24H2,1-3H3,(H,38,42)/t25-,33+/m0/s1. The zero-order valence-corrected chi connectivity index (χ0v) is 28.2. The van der Waals surface area contributed by atoms with Gasteiger partial charge in [-0.25, -0.2) is 8.42 Å². The van der Waals surface area contributed by atoms with Gasteiger partial charge in [0.2, 0.25) is 21.8 Å². The first-order valence-corrected chi connectivity index (χ1v) is 17.4. The summed E-state index contributed by atoms with van der Waals surface area (Å²) in [6.07, 6.45) is 1.92. The topological polar surface area (TPSA) is 96.0 Å². The van der Waals surface area contributed by atoms with E-state index in [4.69, 9.17) is 27.9 Å². The summed E-state index contributed by atoms with van der Waals surface area (Å²) in [4.78, 5) is 29.5. The highest BCUT2D eigenvalue weighted by atomic mass is 35.5. The largest absolute Gasteiger partial charge is 0.457 e. The van der Waals surface area contributed by atoms with Crippen molar-refractivity contribution in [2.75, 3.05) is 17.1 Å². The molecule has 0 bridgehead atoms. The fraction of sp³-hybridized carbons (Fsp3) is 0.257. The van der Waals surface area contributed by atoms with Gasteiger partial charge in [-0.1, -0.05) is 84.7 Å². The summed E-state index contributed by atoms with van der Waals surface area (Å²) in [5.74, 6) is 0.187. The third-order valence-corrected chi connectivity index (χ3v) is 9.14. The molecule has 0 unspecified atom stereocenters. The Hall–Kier alpha value is -4.05. The molecule has 0 saturated heterocycles. The number of rotatable bonds is 14. The first-order chi connectivity index (χ1) is 21.9. The minimum atomic E-state index is -3.93. The molecule has 4 rings (SSSR count).